The van der Waals surface area contributed by atoms with Crippen LogP contribution in [0.5, 0.6) is 5.75 Å². The molecule has 0 unspecified atom stereocenters. The van der Waals surface area contributed by atoms with Crippen LogP contribution in [0.15, 0.2) is 36.4 Å². The fraction of sp³-hybridized carbons (Fsp3) is 0.231. The van der Waals surface area contributed by atoms with Crippen LogP contribution in [0, 0.1) is 0 Å². The van der Waals surface area contributed by atoms with Crippen molar-refractivity contribution in [2.24, 2.45) is 0 Å². The van der Waals surface area contributed by atoms with Crippen LogP contribution in [0.4, 0.5) is 0 Å². The fourth-order valence-corrected chi connectivity index (χ4v) is 1.71. The summed E-state index contributed by atoms with van der Waals surface area (Å²) in [5, 5.41) is 12.1. The predicted molar refractivity (Wildman–Crippen MR) is 59.7 cm³/mol. The number of phenols is 1. The smallest absolute Gasteiger partial charge is 0.119 e. The zero-order valence-corrected chi connectivity index (χ0v) is 8.49. The molecule has 2 aromatic rings. The largest absolute Gasteiger partial charge is 0.508 e. The molecule has 0 amide bonds. The topological polar surface area (TPSA) is 20.2 Å². The summed E-state index contributed by atoms with van der Waals surface area (Å²) in [6.07, 6.45) is 0. The van der Waals surface area contributed by atoms with Gasteiger partial charge >= 0.3 is 0 Å². The van der Waals surface area contributed by atoms with Crippen LogP contribution >= 0.6 is 0 Å². The lowest BCUT2D eigenvalue weighted by Gasteiger charge is -2.09. The molecule has 0 fully saturated rings. The third-order valence-corrected chi connectivity index (χ3v) is 2.52. The van der Waals surface area contributed by atoms with E-state index in [1.54, 1.807) is 0 Å². The second kappa shape index (κ2) is 3.33. The molecular weight excluding hydrogens is 172 g/mol. The van der Waals surface area contributed by atoms with Crippen LogP contribution in [0.1, 0.15) is 25.3 Å². The summed E-state index contributed by atoms with van der Waals surface area (Å²) < 4.78 is 0. The summed E-state index contributed by atoms with van der Waals surface area (Å²) >= 11 is 0. The molecule has 0 saturated carbocycles. The van der Waals surface area contributed by atoms with Crippen LogP contribution < -0.4 is 0 Å². The highest BCUT2D eigenvalue weighted by molar-refractivity contribution is 5.85. The van der Waals surface area contributed by atoms with Gasteiger partial charge in [-0.25, -0.2) is 0 Å². The molecule has 0 atom stereocenters. The molecule has 0 saturated heterocycles. The highest BCUT2D eigenvalue weighted by Crippen LogP contribution is 2.29. The molecule has 2 rings (SSSR count). The van der Waals surface area contributed by atoms with E-state index in [0.717, 1.165) is 10.9 Å². The molecule has 72 valence electrons. The standard InChI is InChI=1S/C13H14O/c1-9(2)12-7-10-5-3-4-6-11(10)8-13(12)14/h3-9,14H,1-2H3. The molecule has 2 aromatic carbocycles. The van der Waals surface area contributed by atoms with Crippen molar-refractivity contribution in [2.45, 2.75) is 19.8 Å². The van der Waals surface area contributed by atoms with Crippen LogP contribution in [0.2, 0.25) is 0 Å². The zero-order chi connectivity index (χ0) is 10.1. The summed E-state index contributed by atoms with van der Waals surface area (Å²) in [5.74, 6) is 0.762. The van der Waals surface area contributed by atoms with Crippen molar-refractivity contribution in [3.8, 4) is 5.75 Å². The summed E-state index contributed by atoms with van der Waals surface area (Å²) in [6.45, 7) is 4.17. The van der Waals surface area contributed by atoms with Crippen molar-refractivity contribution in [1.82, 2.24) is 0 Å². The molecule has 0 aromatic heterocycles. The molecule has 1 nitrogen and oxygen atoms in total. The van der Waals surface area contributed by atoms with E-state index in [9.17, 15) is 5.11 Å². The van der Waals surface area contributed by atoms with Gasteiger partial charge in [-0.15, -0.1) is 0 Å². The van der Waals surface area contributed by atoms with Gasteiger partial charge in [0.05, 0.1) is 0 Å². The Balaban J connectivity index is 2.71. The van der Waals surface area contributed by atoms with Crippen molar-refractivity contribution < 1.29 is 5.11 Å². The number of rotatable bonds is 1. The lowest BCUT2D eigenvalue weighted by Crippen LogP contribution is -1.88. The molecule has 0 aliphatic heterocycles. The molecule has 0 aliphatic carbocycles. The van der Waals surface area contributed by atoms with Crippen molar-refractivity contribution in [3.63, 3.8) is 0 Å². The van der Waals surface area contributed by atoms with Gasteiger partial charge in [-0.1, -0.05) is 38.1 Å². The van der Waals surface area contributed by atoms with Gasteiger partial charge in [0.1, 0.15) is 5.75 Å². The van der Waals surface area contributed by atoms with Crippen LogP contribution in [-0.4, -0.2) is 5.11 Å². The molecule has 1 N–H and O–H groups in total. The molecule has 0 heterocycles. The Kier molecular flexibility index (Phi) is 2.16. The third kappa shape index (κ3) is 1.46. The Labute approximate surface area is 84.0 Å². The molecular formula is C13H14O. The fourth-order valence-electron chi connectivity index (χ4n) is 1.71. The van der Waals surface area contributed by atoms with Crippen LogP contribution in [0.3, 0.4) is 0 Å². The number of fused-ring (bicyclic) bond motifs is 1. The highest BCUT2D eigenvalue weighted by Gasteiger charge is 2.06. The molecule has 0 aliphatic rings. The lowest BCUT2D eigenvalue weighted by atomic mass is 9.98. The minimum Gasteiger partial charge on any atom is -0.508 e. The summed E-state index contributed by atoms with van der Waals surface area (Å²) in [5.41, 5.74) is 1.02. The van der Waals surface area contributed by atoms with Crippen molar-refractivity contribution in [3.05, 3.63) is 42.0 Å². The maximum Gasteiger partial charge on any atom is 0.119 e. The van der Waals surface area contributed by atoms with Crippen LogP contribution in [-0.2, 0) is 0 Å². The molecule has 14 heavy (non-hydrogen) atoms. The van der Waals surface area contributed by atoms with E-state index < -0.39 is 0 Å². The quantitative estimate of drug-likeness (QED) is 0.720. The van der Waals surface area contributed by atoms with Crippen molar-refractivity contribution in [2.75, 3.05) is 0 Å². The van der Waals surface area contributed by atoms with Gasteiger partial charge in [-0.2, -0.15) is 0 Å². The SMILES string of the molecule is CC(C)c1cc2ccccc2cc1O. The van der Waals surface area contributed by atoms with E-state index in [2.05, 4.69) is 26.0 Å². The minimum absolute atomic E-state index is 0.361. The van der Waals surface area contributed by atoms with Crippen molar-refractivity contribution >= 4 is 10.8 Å². The van der Waals surface area contributed by atoms with E-state index in [0.29, 0.717) is 11.7 Å². The second-order valence-electron chi connectivity index (χ2n) is 3.91. The van der Waals surface area contributed by atoms with Crippen LogP contribution in [0.25, 0.3) is 10.8 Å². The van der Waals surface area contributed by atoms with Gasteiger partial charge < -0.3 is 5.11 Å². The van der Waals surface area contributed by atoms with E-state index in [1.807, 2.05) is 24.3 Å². The van der Waals surface area contributed by atoms with Crippen molar-refractivity contribution in [1.29, 1.82) is 0 Å². The Morgan fingerprint density at radius 2 is 1.57 bits per heavy atom. The third-order valence-electron chi connectivity index (χ3n) is 2.52. The maximum atomic E-state index is 9.78. The van der Waals surface area contributed by atoms with Gasteiger partial charge in [0, 0.05) is 0 Å². The van der Waals surface area contributed by atoms with E-state index >= 15 is 0 Å². The van der Waals surface area contributed by atoms with Gasteiger partial charge in [0.15, 0.2) is 0 Å². The average Bonchev–Trinajstić information content (AvgIpc) is 2.16. The van der Waals surface area contributed by atoms with E-state index in [1.165, 1.54) is 5.39 Å². The lowest BCUT2D eigenvalue weighted by molar-refractivity contribution is 0.466. The Bertz CT molecular complexity index is 458. The monoisotopic (exact) mass is 186 g/mol. The van der Waals surface area contributed by atoms with E-state index in [-0.39, 0.29) is 0 Å². The Morgan fingerprint density at radius 1 is 1.00 bits per heavy atom. The zero-order valence-electron chi connectivity index (χ0n) is 8.49. The average molecular weight is 186 g/mol. The molecule has 0 radical (unpaired) electrons. The summed E-state index contributed by atoms with van der Waals surface area (Å²) in [4.78, 5) is 0. The first-order valence-electron chi connectivity index (χ1n) is 4.90. The van der Waals surface area contributed by atoms with Gasteiger partial charge in [0.25, 0.3) is 0 Å². The van der Waals surface area contributed by atoms with Gasteiger partial charge in [-0.3, -0.25) is 0 Å². The number of phenolic OH excluding ortho intramolecular Hbond substituents is 1. The predicted octanol–water partition coefficient (Wildman–Crippen LogP) is 3.67. The first-order valence-corrected chi connectivity index (χ1v) is 4.90. The molecule has 1 heteroatoms. The van der Waals surface area contributed by atoms with Gasteiger partial charge in [-0.05, 0) is 34.4 Å². The minimum atomic E-state index is 0.361. The summed E-state index contributed by atoms with van der Waals surface area (Å²) in [6, 6.07) is 12.0. The molecule has 0 bridgehead atoms. The first-order chi connectivity index (χ1) is 6.68. The number of aromatic hydroxyl groups is 1. The summed E-state index contributed by atoms with van der Waals surface area (Å²) in [7, 11) is 0. The van der Waals surface area contributed by atoms with E-state index in [4.69, 9.17) is 0 Å². The number of hydrogen-bond acceptors (Lipinski definition) is 1. The van der Waals surface area contributed by atoms with Gasteiger partial charge in [0.2, 0.25) is 0 Å². The Morgan fingerprint density at radius 3 is 2.14 bits per heavy atom. The Hall–Kier alpha value is -1.50. The maximum absolute atomic E-state index is 9.78. The normalized spacial score (nSPS) is 11.1. The number of benzene rings is 2. The first kappa shape index (κ1) is 9.07. The molecule has 0 spiro atoms. The number of hydrogen-bond donors (Lipinski definition) is 1. The highest BCUT2D eigenvalue weighted by atomic mass is 16.3. The second-order valence-corrected chi connectivity index (χ2v) is 3.91.